The summed E-state index contributed by atoms with van der Waals surface area (Å²) in [6, 6.07) is 10.2. The van der Waals surface area contributed by atoms with Gasteiger partial charge in [0, 0.05) is 0 Å². The number of hydrogen-bond donors (Lipinski definition) is 0. The van der Waals surface area contributed by atoms with Crippen LogP contribution in [0.2, 0.25) is 10.0 Å². The average Bonchev–Trinajstić information content (AvgIpc) is 2.38. The Kier molecular flexibility index (Phi) is 4.91. The first-order valence-electron chi connectivity index (χ1n) is 5.61. The number of carbonyl (C=O) groups excluding carboxylic acids is 1. The number of ketones is 1. The van der Waals surface area contributed by atoms with Gasteiger partial charge in [0.15, 0.2) is 5.78 Å². The molecule has 0 amide bonds. The van der Waals surface area contributed by atoms with E-state index in [2.05, 4.69) is 0 Å². The van der Waals surface area contributed by atoms with Gasteiger partial charge in [-0.05, 0) is 24.3 Å². The molecule has 0 aliphatic heterocycles. The van der Waals surface area contributed by atoms with Crippen molar-refractivity contribution in [2.45, 2.75) is 4.90 Å². The molecule has 0 saturated heterocycles. The molecule has 0 radical (unpaired) electrons. The fourth-order valence-electron chi connectivity index (χ4n) is 1.66. The van der Waals surface area contributed by atoms with Crippen molar-refractivity contribution in [1.82, 2.24) is 0 Å². The molecule has 0 heterocycles. The fourth-order valence-corrected chi connectivity index (χ4v) is 3.68. The Morgan fingerprint density at radius 2 is 1.65 bits per heavy atom. The number of benzene rings is 2. The molecule has 2 rings (SSSR count). The van der Waals surface area contributed by atoms with Crippen molar-refractivity contribution in [2.24, 2.45) is 0 Å². The Morgan fingerprint density at radius 3 is 2.25 bits per heavy atom. The lowest BCUT2D eigenvalue weighted by atomic mass is 10.1. The zero-order valence-electron chi connectivity index (χ0n) is 10.1. The van der Waals surface area contributed by atoms with Crippen LogP contribution in [0.3, 0.4) is 0 Å². The molecular formula is C14H9Cl2FO2S. The Morgan fingerprint density at radius 1 is 1.05 bits per heavy atom. The third-order valence-corrected chi connectivity index (χ3v) is 4.86. The summed E-state index contributed by atoms with van der Waals surface area (Å²) in [6.07, 6.45) is 0. The van der Waals surface area contributed by atoms with E-state index in [-0.39, 0.29) is 26.3 Å². The molecule has 2 aromatic rings. The number of rotatable bonds is 4. The quantitative estimate of drug-likeness (QED) is 0.790. The summed E-state index contributed by atoms with van der Waals surface area (Å²) in [5.41, 5.74) is -0.0935. The van der Waals surface area contributed by atoms with Crippen molar-refractivity contribution in [1.29, 1.82) is 0 Å². The molecule has 2 nitrogen and oxygen atoms in total. The van der Waals surface area contributed by atoms with Crippen LogP contribution in [-0.4, -0.2) is 15.7 Å². The van der Waals surface area contributed by atoms with E-state index in [1.807, 2.05) is 0 Å². The first kappa shape index (κ1) is 15.2. The van der Waals surface area contributed by atoms with Gasteiger partial charge in [0.1, 0.15) is 5.82 Å². The highest BCUT2D eigenvalue weighted by Gasteiger charge is 2.19. The first-order valence-corrected chi connectivity index (χ1v) is 7.68. The molecule has 0 N–H and O–H groups in total. The van der Waals surface area contributed by atoms with Crippen LogP contribution in [0.15, 0.2) is 47.4 Å². The van der Waals surface area contributed by atoms with E-state index in [4.69, 9.17) is 23.2 Å². The van der Waals surface area contributed by atoms with E-state index in [0.717, 1.165) is 0 Å². The van der Waals surface area contributed by atoms with Gasteiger partial charge in [0.2, 0.25) is 0 Å². The topological polar surface area (TPSA) is 34.1 Å². The smallest absolute Gasteiger partial charge is 0.178 e. The van der Waals surface area contributed by atoms with Gasteiger partial charge in [-0.25, -0.2) is 4.39 Å². The Hall–Kier alpha value is -1.23. The molecule has 1 unspecified atom stereocenters. The third kappa shape index (κ3) is 3.26. The Balaban J connectivity index is 2.25. The molecule has 0 spiro atoms. The first-order chi connectivity index (χ1) is 9.50. The molecular weight excluding hydrogens is 322 g/mol. The second-order valence-corrected chi connectivity index (χ2v) is 6.15. The second kappa shape index (κ2) is 6.48. The van der Waals surface area contributed by atoms with E-state index in [0.29, 0.717) is 0 Å². The van der Waals surface area contributed by atoms with E-state index in [9.17, 15) is 13.4 Å². The minimum atomic E-state index is -1.73. The average molecular weight is 331 g/mol. The van der Waals surface area contributed by atoms with Gasteiger partial charge in [0.05, 0.1) is 37.1 Å². The Labute approximate surface area is 128 Å². The van der Waals surface area contributed by atoms with Crippen molar-refractivity contribution in [2.75, 3.05) is 5.75 Å². The molecule has 6 heteroatoms. The predicted octanol–water partition coefficient (Wildman–Crippen LogP) is 4.12. The van der Waals surface area contributed by atoms with Gasteiger partial charge >= 0.3 is 0 Å². The van der Waals surface area contributed by atoms with Crippen LogP contribution in [0.4, 0.5) is 4.39 Å². The molecule has 0 fully saturated rings. The lowest BCUT2D eigenvalue weighted by Crippen LogP contribution is -2.13. The van der Waals surface area contributed by atoms with Gasteiger partial charge in [-0.3, -0.25) is 9.00 Å². The summed E-state index contributed by atoms with van der Waals surface area (Å²) < 4.78 is 25.7. The van der Waals surface area contributed by atoms with Crippen LogP contribution in [0.1, 0.15) is 10.4 Å². The zero-order chi connectivity index (χ0) is 14.7. The molecule has 20 heavy (non-hydrogen) atoms. The maximum atomic E-state index is 13.5. The van der Waals surface area contributed by atoms with Gasteiger partial charge in [0.25, 0.3) is 0 Å². The molecule has 0 aromatic heterocycles. The highest BCUT2D eigenvalue weighted by molar-refractivity contribution is 7.86. The van der Waals surface area contributed by atoms with Crippen LogP contribution < -0.4 is 0 Å². The standard InChI is InChI=1S/C14H9Cl2FO2S/c15-10-5-3-6-11(16)14(10)20(19)8-13(18)9-4-1-2-7-12(9)17/h1-7H,8H2. The molecule has 0 bridgehead atoms. The minimum absolute atomic E-state index is 0.0935. The van der Waals surface area contributed by atoms with E-state index in [1.165, 1.54) is 30.3 Å². The van der Waals surface area contributed by atoms with Gasteiger partial charge in [-0.2, -0.15) is 0 Å². The number of hydrogen-bond acceptors (Lipinski definition) is 2. The lowest BCUT2D eigenvalue weighted by molar-refractivity contribution is 0.101. The number of halogens is 3. The summed E-state index contributed by atoms with van der Waals surface area (Å²) in [6.45, 7) is 0. The SMILES string of the molecule is O=C(CS(=O)c1c(Cl)cccc1Cl)c1ccccc1F. The second-order valence-electron chi connectivity index (χ2n) is 3.94. The van der Waals surface area contributed by atoms with Gasteiger partial charge < -0.3 is 0 Å². The van der Waals surface area contributed by atoms with E-state index >= 15 is 0 Å². The van der Waals surface area contributed by atoms with Crippen LogP contribution in [0, 0.1) is 5.82 Å². The lowest BCUT2D eigenvalue weighted by Gasteiger charge is -2.07. The molecule has 0 aliphatic carbocycles. The molecule has 1 atom stereocenters. The summed E-state index contributed by atoms with van der Waals surface area (Å²) >= 11 is 11.8. The molecule has 0 aliphatic rings. The minimum Gasteiger partial charge on any atom is -0.293 e. The molecule has 0 saturated carbocycles. The molecule has 104 valence electrons. The largest absolute Gasteiger partial charge is 0.293 e. The van der Waals surface area contributed by atoms with E-state index < -0.39 is 22.4 Å². The third-order valence-electron chi connectivity index (χ3n) is 2.58. The van der Waals surface area contributed by atoms with Crippen LogP contribution in [0.25, 0.3) is 0 Å². The normalized spacial score (nSPS) is 12.2. The molecule has 2 aromatic carbocycles. The monoisotopic (exact) mass is 330 g/mol. The predicted molar refractivity (Wildman–Crippen MR) is 78.5 cm³/mol. The highest BCUT2D eigenvalue weighted by atomic mass is 35.5. The fraction of sp³-hybridized carbons (Fsp3) is 0.0714. The van der Waals surface area contributed by atoms with Gasteiger partial charge in [-0.15, -0.1) is 0 Å². The van der Waals surface area contributed by atoms with Crippen molar-refractivity contribution in [3.05, 3.63) is 63.9 Å². The van der Waals surface area contributed by atoms with Gasteiger partial charge in [-0.1, -0.05) is 41.4 Å². The van der Waals surface area contributed by atoms with Crippen molar-refractivity contribution in [3.63, 3.8) is 0 Å². The van der Waals surface area contributed by atoms with Crippen molar-refractivity contribution >= 4 is 39.8 Å². The Bertz CT molecular complexity index is 668. The summed E-state index contributed by atoms with van der Waals surface area (Å²) in [7, 11) is -1.73. The van der Waals surface area contributed by atoms with Crippen LogP contribution in [0.5, 0.6) is 0 Å². The maximum Gasteiger partial charge on any atom is 0.178 e. The highest BCUT2D eigenvalue weighted by Crippen LogP contribution is 2.28. The summed E-state index contributed by atoms with van der Waals surface area (Å²) in [4.78, 5) is 12.1. The summed E-state index contributed by atoms with van der Waals surface area (Å²) in [5, 5.41) is 0.439. The maximum absolute atomic E-state index is 13.5. The zero-order valence-corrected chi connectivity index (χ0v) is 12.4. The number of Topliss-reactive ketones (excluding diaryl/α,β-unsaturated/α-hetero) is 1. The van der Waals surface area contributed by atoms with Crippen molar-refractivity contribution < 1.29 is 13.4 Å². The number of carbonyl (C=O) groups is 1. The van der Waals surface area contributed by atoms with E-state index in [1.54, 1.807) is 12.1 Å². The van der Waals surface area contributed by atoms with Crippen LogP contribution in [-0.2, 0) is 10.8 Å². The van der Waals surface area contributed by atoms with Crippen molar-refractivity contribution in [3.8, 4) is 0 Å². The van der Waals surface area contributed by atoms with Crippen LogP contribution >= 0.6 is 23.2 Å². The summed E-state index contributed by atoms with van der Waals surface area (Å²) in [5.74, 6) is -1.57.